The number of anilines is 1. The number of nitrogens with two attached hydrogens (primary N) is 1. The monoisotopic (exact) mass is 446 g/mol. The molecule has 4 aromatic rings. The predicted octanol–water partition coefficient (Wildman–Crippen LogP) is 4.66. The number of hydrogen-bond acceptors (Lipinski definition) is 7. The van der Waals surface area contributed by atoms with Gasteiger partial charge in [0, 0.05) is 6.07 Å². The van der Waals surface area contributed by atoms with E-state index < -0.39 is 5.97 Å². The van der Waals surface area contributed by atoms with E-state index >= 15 is 0 Å². The molecule has 0 amide bonds. The van der Waals surface area contributed by atoms with Crippen LogP contribution in [-0.2, 0) is 4.74 Å². The molecule has 1 fully saturated rings. The Kier molecular flexibility index (Phi) is 5.50. The highest BCUT2D eigenvalue weighted by atomic mass is 16.5. The fraction of sp³-hybridized carbons (Fsp3) is 0.320. The number of methoxy groups -OCH3 is 2. The zero-order valence-electron chi connectivity index (χ0n) is 18.7. The Labute approximate surface area is 191 Å². The Morgan fingerprint density at radius 1 is 0.970 bits per heavy atom. The Bertz CT molecular complexity index is 1340. The summed E-state index contributed by atoms with van der Waals surface area (Å²) >= 11 is 0. The number of nitrogens with zero attached hydrogens (tertiary/aromatic N) is 3. The zero-order chi connectivity index (χ0) is 22.9. The molecule has 0 bridgehead atoms. The fourth-order valence-corrected chi connectivity index (χ4v) is 4.48. The van der Waals surface area contributed by atoms with Crippen molar-refractivity contribution in [3.8, 4) is 17.2 Å². The van der Waals surface area contributed by atoms with Crippen LogP contribution >= 0.6 is 0 Å². The minimum Gasteiger partial charge on any atom is -0.493 e. The van der Waals surface area contributed by atoms with Crippen LogP contribution in [0, 0.1) is 0 Å². The number of para-hydroxylation sites is 2. The molecule has 1 aliphatic rings. The smallest absolute Gasteiger partial charge is 0.344 e. The van der Waals surface area contributed by atoms with E-state index in [4.69, 9.17) is 29.9 Å². The number of fused-ring (bicyclic) bond motifs is 2. The van der Waals surface area contributed by atoms with Gasteiger partial charge < -0.3 is 19.9 Å². The van der Waals surface area contributed by atoms with Gasteiger partial charge in [-0.3, -0.25) is 4.57 Å². The van der Waals surface area contributed by atoms with Crippen LogP contribution in [0.1, 0.15) is 42.5 Å². The molecule has 2 N–H and O–H groups in total. The molecule has 2 heterocycles. The SMILES string of the molecule is COc1ccc(-n2c(N)c(C(=O)OC3CCCCC3)c3nc4ccccc4nc32)cc1OC. The highest BCUT2D eigenvalue weighted by molar-refractivity contribution is 6.09. The Hall–Kier alpha value is -3.81. The topological polar surface area (TPSA) is 101 Å². The molecule has 2 aromatic carbocycles. The summed E-state index contributed by atoms with van der Waals surface area (Å²) in [5.74, 6) is 0.891. The second-order valence-corrected chi connectivity index (χ2v) is 8.18. The van der Waals surface area contributed by atoms with Crippen LogP contribution in [-0.4, -0.2) is 40.8 Å². The molecule has 0 radical (unpaired) electrons. The van der Waals surface area contributed by atoms with Crippen molar-refractivity contribution in [1.29, 1.82) is 0 Å². The van der Waals surface area contributed by atoms with Crippen molar-refractivity contribution in [2.45, 2.75) is 38.2 Å². The third-order valence-corrected chi connectivity index (χ3v) is 6.15. The van der Waals surface area contributed by atoms with E-state index in [2.05, 4.69) is 0 Å². The van der Waals surface area contributed by atoms with Crippen LogP contribution in [0.5, 0.6) is 11.5 Å². The molecule has 1 saturated carbocycles. The van der Waals surface area contributed by atoms with E-state index in [0.29, 0.717) is 39.4 Å². The van der Waals surface area contributed by atoms with Gasteiger partial charge in [0.25, 0.3) is 0 Å². The number of esters is 1. The molecule has 0 spiro atoms. The van der Waals surface area contributed by atoms with Gasteiger partial charge in [-0.05, 0) is 49.9 Å². The van der Waals surface area contributed by atoms with E-state index in [1.807, 2.05) is 30.3 Å². The quantitative estimate of drug-likeness (QED) is 0.445. The number of carbonyl (C=O) groups excluding carboxylic acids is 1. The molecular formula is C25H26N4O4. The lowest BCUT2D eigenvalue weighted by atomic mass is 9.98. The van der Waals surface area contributed by atoms with E-state index in [1.54, 1.807) is 30.9 Å². The summed E-state index contributed by atoms with van der Waals surface area (Å²) in [6, 6.07) is 12.9. The molecular weight excluding hydrogens is 420 g/mol. The third kappa shape index (κ3) is 3.71. The average molecular weight is 447 g/mol. The molecule has 1 aliphatic carbocycles. The Morgan fingerprint density at radius 2 is 1.67 bits per heavy atom. The van der Waals surface area contributed by atoms with Crippen molar-refractivity contribution in [1.82, 2.24) is 14.5 Å². The van der Waals surface area contributed by atoms with Crippen LogP contribution < -0.4 is 15.2 Å². The maximum atomic E-state index is 13.3. The van der Waals surface area contributed by atoms with Crippen molar-refractivity contribution in [3.63, 3.8) is 0 Å². The highest BCUT2D eigenvalue weighted by Gasteiger charge is 2.28. The van der Waals surface area contributed by atoms with Crippen LogP contribution in [0.2, 0.25) is 0 Å². The lowest BCUT2D eigenvalue weighted by Gasteiger charge is -2.21. The molecule has 0 aliphatic heterocycles. The standard InChI is InChI=1S/C25H26N4O4/c1-31-19-13-12-15(14-20(19)32-2)29-23(26)21(25(30)33-16-8-4-3-5-9-16)22-24(29)28-18-11-7-6-10-17(18)27-22/h6-7,10-14,16H,3-5,8-9,26H2,1-2H3. The van der Waals surface area contributed by atoms with Gasteiger partial charge in [0.05, 0.1) is 30.9 Å². The molecule has 2 aromatic heterocycles. The molecule has 0 atom stereocenters. The summed E-state index contributed by atoms with van der Waals surface area (Å²) in [5, 5.41) is 0. The van der Waals surface area contributed by atoms with Crippen molar-refractivity contribution >= 4 is 34.0 Å². The maximum Gasteiger partial charge on any atom is 0.344 e. The minimum atomic E-state index is -0.465. The first-order valence-corrected chi connectivity index (χ1v) is 11.1. The second kappa shape index (κ2) is 8.61. The Morgan fingerprint density at radius 3 is 2.36 bits per heavy atom. The lowest BCUT2D eigenvalue weighted by molar-refractivity contribution is 0.0214. The molecule has 8 nitrogen and oxygen atoms in total. The summed E-state index contributed by atoms with van der Waals surface area (Å²) in [7, 11) is 3.15. The number of rotatable bonds is 5. The van der Waals surface area contributed by atoms with Gasteiger partial charge in [-0.25, -0.2) is 14.8 Å². The normalized spacial score (nSPS) is 14.5. The van der Waals surface area contributed by atoms with Crippen molar-refractivity contribution in [2.75, 3.05) is 20.0 Å². The zero-order valence-corrected chi connectivity index (χ0v) is 18.7. The lowest BCUT2D eigenvalue weighted by Crippen LogP contribution is -2.21. The van der Waals surface area contributed by atoms with Crippen molar-refractivity contribution in [3.05, 3.63) is 48.0 Å². The molecule has 0 unspecified atom stereocenters. The largest absolute Gasteiger partial charge is 0.493 e. The predicted molar refractivity (Wildman–Crippen MR) is 126 cm³/mol. The molecule has 170 valence electrons. The van der Waals surface area contributed by atoms with Gasteiger partial charge in [-0.15, -0.1) is 0 Å². The highest BCUT2D eigenvalue weighted by Crippen LogP contribution is 2.36. The summed E-state index contributed by atoms with van der Waals surface area (Å²) in [4.78, 5) is 22.9. The van der Waals surface area contributed by atoms with E-state index in [-0.39, 0.29) is 17.5 Å². The van der Waals surface area contributed by atoms with Crippen LogP contribution in [0.15, 0.2) is 42.5 Å². The van der Waals surface area contributed by atoms with Gasteiger partial charge in [-0.1, -0.05) is 18.6 Å². The number of carbonyl (C=O) groups is 1. The number of aromatic nitrogens is 3. The minimum absolute atomic E-state index is 0.0986. The van der Waals surface area contributed by atoms with Crippen LogP contribution in [0.25, 0.3) is 27.9 Å². The van der Waals surface area contributed by atoms with E-state index in [9.17, 15) is 4.79 Å². The maximum absolute atomic E-state index is 13.3. The summed E-state index contributed by atoms with van der Waals surface area (Å²) in [6.07, 6.45) is 4.94. The van der Waals surface area contributed by atoms with Gasteiger partial charge in [0.2, 0.25) is 0 Å². The molecule has 33 heavy (non-hydrogen) atoms. The first kappa shape index (κ1) is 21.1. The molecule has 8 heteroatoms. The van der Waals surface area contributed by atoms with Crippen LogP contribution in [0.3, 0.4) is 0 Å². The summed E-state index contributed by atoms with van der Waals surface area (Å²) in [6.45, 7) is 0. The third-order valence-electron chi connectivity index (χ3n) is 6.15. The first-order chi connectivity index (χ1) is 16.1. The first-order valence-electron chi connectivity index (χ1n) is 11.1. The van der Waals surface area contributed by atoms with E-state index in [0.717, 1.165) is 25.7 Å². The summed E-state index contributed by atoms with van der Waals surface area (Å²) < 4.78 is 18.4. The number of nitrogen functional groups attached to an aromatic ring is 1. The molecule has 0 saturated heterocycles. The number of ether oxygens (including phenoxy) is 3. The molecule has 5 rings (SSSR count). The second-order valence-electron chi connectivity index (χ2n) is 8.18. The van der Waals surface area contributed by atoms with Crippen molar-refractivity contribution < 1.29 is 19.0 Å². The van der Waals surface area contributed by atoms with Crippen LogP contribution in [0.4, 0.5) is 5.82 Å². The van der Waals surface area contributed by atoms with Gasteiger partial charge in [0.1, 0.15) is 23.0 Å². The number of hydrogen-bond donors (Lipinski definition) is 1. The Balaban J connectivity index is 1.71. The average Bonchev–Trinajstić information content (AvgIpc) is 3.13. The number of benzene rings is 2. The van der Waals surface area contributed by atoms with Gasteiger partial charge in [-0.2, -0.15) is 0 Å². The van der Waals surface area contributed by atoms with Gasteiger partial charge >= 0.3 is 5.97 Å². The van der Waals surface area contributed by atoms with Gasteiger partial charge in [0.15, 0.2) is 17.1 Å². The van der Waals surface area contributed by atoms with Crippen molar-refractivity contribution in [2.24, 2.45) is 0 Å². The fourth-order valence-electron chi connectivity index (χ4n) is 4.48. The van der Waals surface area contributed by atoms with E-state index in [1.165, 1.54) is 6.42 Å². The summed E-state index contributed by atoms with van der Waals surface area (Å²) in [5.41, 5.74) is 9.79.